The SMILES string of the molecule is CCCc1cc2c(C)c(C)c(C)c(C)c2[cH-]1.CCCc1cc2c(C)c(C)c(C)c(C)c2[cH-]1.CCCc1cc2c(C)c(C)c(C)c(C)c2[cH-]1.CCCc1cc2c(C)c(C)c(C)c(C)c2[cH-]1.[Cl-].[Cl-].[Zr+2].[Zr+2]. The molecule has 364 valence electrons. The van der Waals surface area contributed by atoms with Gasteiger partial charge in [-0.2, -0.15) is 24.3 Å². The molecule has 0 spiro atoms. The minimum atomic E-state index is 0. The number of hydrogen-bond donors (Lipinski definition) is 0. The molecular weight excluding hydrogens is 1020 g/mol. The number of hydrogen-bond acceptors (Lipinski definition) is 0. The molecule has 0 saturated heterocycles. The molecule has 0 aliphatic heterocycles. The number of benzene rings is 4. The van der Waals surface area contributed by atoms with Gasteiger partial charge in [0.25, 0.3) is 0 Å². The van der Waals surface area contributed by atoms with Crippen molar-refractivity contribution in [3.63, 3.8) is 0 Å². The quantitative estimate of drug-likeness (QED) is 0.133. The van der Waals surface area contributed by atoms with E-state index in [-0.39, 0.29) is 77.2 Å². The maximum atomic E-state index is 2.38. The van der Waals surface area contributed by atoms with Gasteiger partial charge in [0.15, 0.2) is 0 Å². The van der Waals surface area contributed by atoms with Crippen LogP contribution in [-0.4, -0.2) is 0 Å². The number of halogens is 2. The van der Waals surface area contributed by atoms with Crippen molar-refractivity contribution >= 4 is 43.1 Å². The van der Waals surface area contributed by atoms with Crippen LogP contribution in [0.1, 0.15) is 165 Å². The van der Waals surface area contributed by atoms with Crippen molar-refractivity contribution in [1.82, 2.24) is 0 Å². The van der Waals surface area contributed by atoms with E-state index in [9.17, 15) is 0 Å². The largest absolute Gasteiger partial charge is 2.00 e. The molecule has 4 heteroatoms. The van der Waals surface area contributed by atoms with Crippen LogP contribution >= 0.6 is 0 Å². The van der Waals surface area contributed by atoms with Crippen LogP contribution < -0.4 is 24.8 Å². The minimum Gasteiger partial charge on any atom is -1.00 e. The third-order valence-electron chi connectivity index (χ3n) is 15.9. The Balaban J connectivity index is 0.000000445. The monoisotopic (exact) mass is 1100 g/mol. The Morgan fingerprint density at radius 3 is 0.544 bits per heavy atom. The molecule has 0 fully saturated rings. The minimum absolute atomic E-state index is 0. The van der Waals surface area contributed by atoms with Gasteiger partial charge < -0.3 is 24.8 Å². The summed E-state index contributed by atoms with van der Waals surface area (Å²) in [4.78, 5) is 0. The van der Waals surface area contributed by atoms with Gasteiger partial charge in [-0.1, -0.05) is 148 Å². The summed E-state index contributed by atoms with van der Waals surface area (Å²) in [5.74, 6) is 0. The van der Waals surface area contributed by atoms with Crippen molar-refractivity contribution < 1.29 is 77.2 Å². The van der Waals surface area contributed by atoms with Crippen LogP contribution in [-0.2, 0) is 78.1 Å². The third-order valence-corrected chi connectivity index (χ3v) is 15.9. The second-order valence-corrected chi connectivity index (χ2v) is 19.8. The zero-order valence-corrected chi connectivity index (χ0v) is 52.5. The first-order valence-corrected chi connectivity index (χ1v) is 24.9. The molecule has 0 unspecified atom stereocenters. The summed E-state index contributed by atoms with van der Waals surface area (Å²) < 4.78 is 0. The predicted molar refractivity (Wildman–Crippen MR) is 290 cm³/mol. The topological polar surface area (TPSA) is 0 Å². The van der Waals surface area contributed by atoms with Crippen LogP contribution in [0.5, 0.6) is 0 Å². The van der Waals surface area contributed by atoms with E-state index in [1.807, 2.05) is 0 Å². The molecule has 0 amide bonds. The third kappa shape index (κ3) is 13.2. The summed E-state index contributed by atoms with van der Waals surface area (Å²) in [7, 11) is 0. The molecular formula is C64H84Cl2Zr2-2. The summed E-state index contributed by atoms with van der Waals surface area (Å²) >= 11 is 0. The van der Waals surface area contributed by atoms with Gasteiger partial charge in [0.2, 0.25) is 0 Å². The smallest absolute Gasteiger partial charge is 1.00 e. The Labute approximate surface area is 465 Å². The van der Waals surface area contributed by atoms with E-state index in [0.29, 0.717) is 0 Å². The molecule has 8 aromatic carbocycles. The first kappa shape index (κ1) is 63.7. The fourth-order valence-electron chi connectivity index (χ4n) is 10.4. The zero-order chi connectivity index (χ0) is 47.5. The maximum absolute atomic E-state index is 2.38. The zero-order valence-electron chi connectivity index (χ0n) is 46.0. The second kappa shape index (κ2) is 27.5. The fraction of sp³-hybridized carbons (Fsp3) is 0.438. The number of rotatable bonds is 8. The van der Waals surface area contributed by atoms with Crippen LogP contribution in [0.2, 0.25) is 0 Å². The first-order chi connectivity index (χ1) is 30.2. The normalized spacial score (nSPS) is 10.6. The van der Waals surface area contributed by atoms with E-state index >= 15 is 0 Å². The van der Waals surface area contributed by atoms with Crippen LogP contribution in [0.15, 0.2) is 48.5 Å². The van der Waals surface area contributed by atoms with Gasteiger partial charge in [0, 0.05) is 0 Å². The van der Waals surface area contributed by atoms with Crippen molar-refractivity contribution in [3.05, 3.63) is 160 Å². The summed E-state index contributed by atoms with van der Waals surface area (Å²) in [6.07, 6.45) is 9.71. The molecule has 0 bridgehead atoms. The van der Waals surface area contributed by atoms with Crippen molar-refractivity contribution in [2.24, 2.45) is 0 Å². The number of aryl methyl sites for hydroxylation is 12. The maximum Gasteiger partial charge on any atom is 2.00 e. The fourth-order valence-corrected chi connectivity index (χ4v) is 10.4. The van der Waals surface area contributed by atoms with E-state index in [1.54, 1.807) is 0 Å². The molecule has 8 aromatic rings. The molecule has 0 nitrogen and oxygen atoms in total. The summed E-state index contributed by atoms with van der Waals surface area (Å²) in [5, 5.41) is 11.7. The van der Waals surface area contributed by atoms with E-state index in [2.05, 4.69) is 187 Å². The standard InChI is InChI=1S/4C16H21.2ClH.2Zr/c4*1-6-7-14-8-15-12(4)10(2)11(3)13(5)16(15)9-14;;;;/h4*8-9H,6-7H2,1-5H3;2*1H;;/q4*-1;;;2*+2/p-2. The van der Waals surface area contributed by atoms with Crippen molar-refractivity contribution in [1.29, 1.82) is 0 Å². The Morgan fingerprint density at radius 2 is 0.397 bits per heavy atom. The van der Waals surface area contributed by atoms with Crippen LogP contribution in [0.4, 0.5) is 0 Å². The van der Waals surface area contributed by atoms with E-state index in [1.165, 1.54) is 206 Å². The first-order valence-electron chi connectivity index (χ1n) is 24.9. The van der Waals surface area contributed by atoms with Gasteiger partial charge in [0.1, 0.15) is 0 Å². The van der Waals surface area contributed by atoms with E-state index < -0.39 is 0 Å². The Hall–Kier alpha value is -2.33. The number of fused-ring (bicyclic) bond motifs is 4. The molecule has 0 atom stereocenters. The van der Waals surface area contributed by atoms with Gasteiger partial charge in [-0.25, -0.2) is 0 Å². The molecule has 0 aromatic heterocycles. The van der Waals surface area contributed by atoms with Crippen molar-refractivity contribution in [3.8, 4) is 0 Å². The molecule has 0 aliphatic carbocycles. The second-order valence-electron chi connectivity index (χ2n) is 19.8. The average Bonchev–Trinajstić information content (AvgIpc) is 4.10. The van der Waals surface area contributed by atoms with Gasteiger partial charge in [-0.3, -0.25) is 0 Å². The average molecular weight is 1110 g/mol. The van der Waals surface area contributed by atoms with Crippen LogP contribution in [0.3, 0.4) is 0 Å². The van der Waals surface area contributed by atoms with Gasteiger partial charge in [-0.05, 0) is 109 Å². The van der Waals surface area contributed by atoms with Crippen LogP contribution in [0.25, 0.3) is 43.1 Å². The predicted octanol–water partition coefficient (Wildman–Crippen LogP) is 13.0. The van der Waals surface area contributed by atoms with Gasteiger partial charge >= 0.3 is 52.4 Å². The van der Waals surface area contributed by atoms with Gasteiger partial charge in [0.05, 0.1) is 0 Å². The molecule has 0 N–H and O–H groups in total. The summed E-state index contributed by atoms with van der Waals surface area (Å²) in [6.45, 7) is 44.9. The molecule has 0 saturated carbocycles. The molecule has 0 aliphatic rings. The van der Waals surface area contributed by atoms with Crippen LogP contribution in [0, 0.1) is 111 Å². The summed E-state index contributed by atoms with van der Waals surface area (Å²) in [5.41, 5.74) is 29.3. The molecule has 0 radical (unpaired) electrons. The van der Waals surface area contributed by atoms with E-state index in [0.717, 1.165) is 0 Å². The molecule has 0 heterocycles. The Kier molecular flexibility index (Phi) is 25.7. The molecule has 8 rings (SSSR count). The van der Waals surface area contributed by atoms with Gasteiger partial charge in [-0.15, -0.1) is 112 Å². The van der Waals surface area contributed by atoms with Crippen molar-refractivity contribution in [2.45, 2.75) is 190 Å². The Bertz CT molecular complexity index is 2350. The Morgan fingerprint density at radius 1 is 0.250 bits per heavy atom. The molecule has 68 heavy (non-hydrogen) atoms. The van der Waals surface area contributed by atoms with E-state index in [4.69, 9.17) is 0 Å². The summed E-state index contributed by atoms with van der Waals surface area (Å²) in [6, 6.07) is 19.1. The van der Waals surface area contributed by atoms with Crippen molar-refractivity contribution in [2.75, 3.05) is 0 Å².